The van der Waals surface area contributed by atoms with Crippen molar-refractivity contribution in [1.82, 2.24) is 29.0 Å². The van der Waals surface area contributed by atoms with E-state index in [1.807, 2.05) is 26.1 Å². The third-order valence-electron chi connectivity index (χ3n) is 7.35. The zero-order chi connectivity index (χ0) is 24.7. The molecule has 3 unspecified atom stereocenters. The van der Waals surface area contributed by atoms with E-state index in [0.29, 0.717) is 30.0 Å². The van der Waals surface area contributed by atoms with Crippen LogP contribution in [0.25, 0.3) is 11.5 Å². The molecule has 2 aromatic heterocycles. The average molecular weight is 485 g/mol. The van der Waals surface area contributed by atoms with E-state index >= 15 is 0 Å². The SMILES string of the molecule is Cc1cc(-c2nn(CC(O)CN3C4CCC3CC(OCc3ccccc3F)C4)c(=O)n2C)n(C)n1. The van der Waals surface area contributed by atoms with Crippen molar-refractivity contribution in [3.63, 3.8) is 0 Å². The second-order valence-corrected chi connectivity index (χ2v) is 9.87. The van der Waals surface area contributed by atoms with Crippen molar-refractivity contribution in [3.05, 3.63) is 57.9 Å². The number of aryl methyl sites for hydroxylation is 2. The molecule has 3 atom stereocenters. The minimum atomic E-state index is -0.720. The number of aliphatic hydroxyl groups excluding tert-OH is 1. The van der Waals surface area contributed by atoms with E-state index in [4.69, 9.17) is 4.74 Å². The van der Waals surface area contributed by atoms with Gasteiger partial charge in [-0.3, -0.25) is 14.1 Å². The van der Waals surface area contributed by atoms with E-state index < -0.39 is 6.10 Å². The van der Waals surface area contributed by atoms with Crippen LogP contribution >= 0.6 is 0 Å². The van der Waals surface area contributed by atoms with Crippen molar-refractivity contribution < 1.29 is 14.2 Å². The van der Waals surface area contributed by atoms with Crippen molar-refractivity contribution in [2.75, 3.05) is 6.54 Å². The Bertz CT molecular complexity index is 1240. The van der Waals surface area contributed by atoms with E-state index in [9.17, 15) is 14.3 Å². The lowest BCUT2D eigenvalue weighted by Gasteiger charge is -2.39. The van der Waals surface area contributed by atoms with Crippen molar-refractivity contribution in [1.29, 1.82) is 0 Å². The van der Waals surface area contributed by atoms with Crippen LogP contribution in [0.2, 0.25) is 0 Å². The summed E-state index contributed by atoms with van der Waals surface area (Å²) in [5.41, 5.74) is 1.92. The van der Waals surface area contributed by atoms with Crippen molar-refractivity contribution in [2.24, 2.45) is 14.1 Å². The summed E-state index contributed by atoms with van der Waals surface area (Å²) >= 11 is 0. The summed E-state index contributed by atoms with van der Waals surface area (Å²) in [7, 11) is 3.50. The highest BCUT2D eigenvalue weighted by molar-refractivity contribution is 5.50. The summed E-state index contributed by atoms with van der Waals surface area (Å²) in [6.45, 7) is 2.79. The highest BCUT2D eigenvalue weighted by atomic mass is 19.1. The lowest BCUT2D eigenvalue weighted by Crippen LogP contribution is -2.49. The van der Waals surface area contributed by atoms with Gasteiger partial charge in [0, 0.05) is 38.3 Å². The largest absolute Gasteiger partial charge is 0.390 e. The molecule has 9 nitrogen and oxygen atoms in total. The molecule has 1 aromatic carbocycles. The minimum absolute atomic E-state index is 0.0869. The molecule has 35 heavy (non-hydrogen) atoms. The van der Waals surface area contributed by atoms with E-state index in [-0.39, 0.29) is 30.8 Å². The second kappa shape index (κ2) is 9.67. The van der Waals surface area contributed by atoms with Gasteiger partial charge in [0.2, 0.25) is 0 Å². The molecule has 0 spiro atoms. The van der Waals surface area contributed by atoms with Gasteiger partial charge in [0.25, 0.3) is 0 Å². The summed E-state index contributed by atoms with van der Waals surface area (Å²) in [4.78, 5) is 15.1. The molecule has 0 saturated carbocycles. The van der Waals surface area contributed by atoms with Crippen molar-refractivity contribution >= 4 is 0 Å². The highest BCUT2D eigenvalue weighted by Gasteiger charge is 2.41. The summed E-state index contributed by atoms with van der Waals surface area (Å²) in [5.74, 6) is 0.292. The topological polar surface area (TPSA) is 90.3 Å². The number of aromatic nitrogens is 5. The van der Waals surface area contributed by atoms with Gasteiger partial charge in [-0.05, 0) is 44.7 Å². The third-order valence-corrected chi connectivity index (χ3v) is 7.35. The van der Waals surface area contributed by atoms with Crippen LogP contribution in [0.3, 0.4) is 0 Å². The molecule has 10 heteroatoms. The number of fused-ring (bicyclic) bond motifs is 2. The number of ether oxygens (including phenoxy) is 1. The Hall–Kier alpha value is -2.82. The number of rotatable bonds is 8. The molecule has 2 fully saturated rings. The quantitative estimate of drug-likeness (QED) is 0.526. The fourth-order valence-electron chi connectivity index (χ4n) is 5.63. The number of hydrogen-bond donors (Lipinski definition) is 1. The first-order valence-corrected chi connectivity index (χ1v) is 12.2. The molecule has 2 bridgehead atoms. The maximum absolute atomic E-state index is 13.9. The molecule has 188 valence electrons. The summed E-state index contributed by atoms with van der Waals surface area (Å²) in [6.07, 6.45) is 3.22. The average Bonchev–Trinajstić information content (AvgIpc) is 3.37. The number of halogens is 1. The van der Waals surface area contributed by atoms with Crippen LogP contribution < -0.4 is 5.69 Å². The Kier molecular flexibility index (Phi) is 6.61. The Morgan fingerprint density at radius 2 is 1.86 bits per heavy atom. The van der Waals surface area contributed by atoms with E-state index in [2.05, 4.69) is 15.1 Å². The van der Waals surface area contributed by atoms with Gasteiger partial charge >= 0.3 is 5.69 Å². The van der Waals surface area contributed by atoms with Gasteiger partial charge in [-0.15, -0.1) is 5.10 Å². The van der Waals surface area contributed by atoms with Crippen molar-refractivity contribution in [3.8, 4) is 11.5 Å². The number of piperidine rings is 1. The first-order chi connectivity index (χ1) is 16.8. The van der Waals surface area contributed by atoms with Gasteiger partial charge in [-0.1, -0.05) is 18.2 Å². The predicted molar refractivity (Wildman–Crippen MR) is 128 cm³/mol. The van der Waals surface area contributed by atoms with Gasteiger partial charge in [0.1, 0.15) is 11.5 Å². The molecule has 3 aromatic rings. The Morgan fingerprint density at radius 3 is 2.51 bits per heavy atom. The molecule has 0 amide bonds. The highest BCUT2D eigenvalue weighted by Crippen LogP contribution is 2.37. The predicted octanol–water partition coefficient (Wildman–Crippen LogP) is 2.00. The Balaban J connectivity index is 1.20. The number of benzene rings is 1. The second-order valence-electron chi connectivity index (χ2n) is 9.87. The van der Waals surface area contributed by atoms with Crippen LogP contribution in [0.1, 0.15) is 36.9 Å². The lowest BCUT2D eigenvalue weighted by molar-refractivity contribution is -0.0408. The van der Waals surface area contributed by atoms with Gasteiger partial charge in [0.05, 0.1) is 31.1 Å². The Labute approximate surface area is 203 Å². The maximum atomic E-state index is 13.9. The molecular formula is C25H33FN6O3. The summed E-state index contributed by atoms with van der Waals surface area (Å²) < 4.78 is 24.5. The maximum Gasteiger partial charge on any atom is 0.346 e. The lowest BCUT2D eigenvalue weighted by atomic mass is 9.99. The molecule has 4 heterocycles. The zero-order valence-electron chi connectivity index (χ0n) is 20.5. The number of hydrogen-bond acceptors (Lipinski definition) is 6. The van der Waals surface area contributed by atoms with Crippen molar-refractivity contribution in [2.45, 2.75) is 70.1 Å². The third kappa shape index (κ3) is 4.82. The minimum Gasteiger partial charge on any atom is -0.390 e. The fourth-order valence-corrected chi connectivity index (χ4v) is 5.63. The van der Waals surface area contributed by atoms with Gasteiger partial charge < -0.3 is 9.84 Å². The first-order valence-electron chi connectivity index (χ1n) is 12.2. The zero-order valence-corrected chi connectivity index (χ0v) is 20.5. The van der Waals surface area contributed by atoms with E-state index in [1.54, 1.807) is 23.9 Å². The van der Waals surface area contributed by atoms with Crippen LogP contribution in [-0.2, 0) is 32.0 Å². The van der Waals surface area contributed by atoms with Gasteiger partial charge in [-0.2, -0.15) is 5.10 Å². The van der Waals surface area contributed by atoms with Crippen LogP contribution in [0.15, 0.2) is 35.1 Å². The molecular weight excluding hydrogens is 451 g/mol. The van der Waals surface area contributed by atoms with E-state index in [1.165, 1.54) is 15.3 Å². The van der Waals surface area contributed by atoms with Crippen LogP contribution in [0.5, 0.6) is 0 Å². The van der Waals surface area contributed by atoms with Crippen LogP contribution in [0, 0.1) is 12.7 Å². The molecule has 2 aliphatic rings. The molecule has 1 N–H and O–H groups in total. The summed E-state index contributed by atoms with van der Waals surface area (Å²) in [6, 6.07) is 9.25. The fraction of sp³-hybridized carbons (Fsp3) is 0.560. The molecule has 0 radical (unpaired) electrons. The number of nitrogens with zero attached hydrogens (tertiary/aromatic N) is 6. The molecule has 5 rings (SSSR count). The van der Waals surface area contributed by atoms with Gasteiger partial charge in [-0.25, -0.2) is 13.9 Å². The van der Waals surface area contributed by atoms with E-state index in [0.717, 1.165) is 37.1 Å². The number of aliphatic hydroxyl groups is 1. The molecule has 2 aliphatic heterocycles. The first kappa shape index (κ1) is 23.9. The standard InChI is InChI=1S/C25H33FN6O3/c1-16-10-23(30(3)27-16)24-28-32(25(34)29(24)2)14-20(33)13-31-18-8-9-19(31)12-21(11-18)35-15-17-6-4-5-7-22(17)26/h4-7,10,18-21,33H,8-9,11-15H2,1-3H3. The Morgan fingerprint density at radius 1 is 1.14 bits per heavy atom. The smallest absolute Gasteiger partial charge is 0.346 e. The summed E-state index contributed by atoms with van der Waals surface area (Å²) in [5, 5.41) is 19.7. The normalized spacial score (nSPS) is 23.2. The van der Waals surface area contributed by atoms with Crippen LogP contribution in [-0.4, -0.2) is 65.0 Å². The monoisotopic (exact) mass is 484 g/mol. The van der Waals surface area contributed by atoms with Gasteiger partial charge in [0.15, 0.2) is 5.82 Å². The molecule has 0 aliphatic carbocycles. The van der Waals surface area contributed by atoms with Crippen LogP contribution in [0.4, 0.5) is 4.39 Å². The molecule has 2 saturated heterocycles.